The normalized spacial score (nSPS) is 15.6. The Balaban J connectivity index is 2.26. The van der Waals surface area contributed by atoms with Crippen LogP contribution in [-0.2, 0) is 6.42 Å². The van der Waals surface area contributed by atoms with Crippen LogP contribution in [0.25, 0.3) is 0 Å². The minimum atomic E-state index is 0.597. The summed E-state index contributed by atoms with van der Waals surface area (Å²) in [6.45, 7) is 2.21. The van der Waals surface area contributed by atoms with Crippen LogP contribution >= 0.6 is 43.2 Å². The molecule has 3 heteroatoms. The van der Waals surface area contributed by atoms with E-state index in [2.05, 4.69) is 56.3 Å². The molecule has 0 aliphatic carbocycles. The minimum Gasteiger partial charge on any atom is -0.149 e. The van der Waals surface area contributed by atoms with E-state index in [4.69, 9.17) is 0 Å². The van der Waals surface area contributed by atoms with Gasteiger partial charge in [0.25, 0.3) is 0 Å². The van der Waals surface area contributed by atoms with Crippen LogP contribution < -0.4 is 0 Å². The van der Waals surface area contributed by atoms with Gasteiger partial charge < -0.3 is 0 Å². The average molecular weight is 326 g/mol. The Labute approximate surface area is 101 Å². The largest absolute Gasteiger partial charge is 0.149 e. The summed E-state index contributed by atoms with van der Waals surface area (Å²) in [4.78, 5) is 2.69. The van der Waals surface area contributed by atoms with E-state index in [-0.39, 0.29) is 0 Å². The van der Waals surface area contributed by atoms with Crippen molar-refractivity contribution >= 4 is 43.2 Å². The molecule has 1 heterocycles. The fourth-order valence-corrected chi connectivity index (χ4v) is 2.76. The summed E-state index contributed by atoms with van der Waals surface area (Å²) in [6.07, 6.45) is 3.58. The number of rotatable bonds is 5. The fraction of sp³-hybridized carbons (Fsp3) is 0.600. The number of alkyl halides is 2. The third-order valence-corrected chi connectivity index (χ3v) is 6.06. The van der Waals surface area contributed by atoms with Crippen molar-refractivity contribution in [2.75, 3.05) is 0 Å². The van der Waals surface area contributed by atoms with Gasteiger partial charge in [-0.3, -0.25) is 0 Å². The van der Waals surface area contributed by atoms with Crippen LogP contribution in [0.2, 0.25) is 0 Å². The molecule has 2 unspecified atom stereocenters. The van der Waals surface area contributed by atoms with E-state index in [9.17, 15) is 0 Å². The summed E-state index contributed by atoms with van der Waals surface area (Å²) in [5.41, 5.74) is 0. The molecule has 0 radical (unpaired) electrons. The molecule has 0 saturated carbocycles. The molecule has 0 fully saturated rings. The number of aryl methyl sites for hydroxylation is 1. The third-order valence-electron chi connectivity index (χ3n) is 2.03. The van der Waals surface area contributed by atoms with Crippen LogP contribution in [0.4, 0.5) is 0 Å². The molecule has 0 spiro atoms. The van der Waals surface area contributed by atoms with E-state index in [1.165, 1.54) is 24.1 Å². The first kappa shape index (κ1) is 11.7. The molecule has 0 N–H and O–H groups in total. The van der Waals surface area contributed by atoms with E-state index < -0.39 is 0 Å². The second-order valence-corrected chi connectivity index (χ2v) is 6.44. The van der Waals surface area contributed by atoms with Crippen LogP contribution in [0, 0.1) is 0 Å². The Morgan fingerprint density at radius 2 is 2.15 bits per heavy atom. The zero-order chi connectivity index (χ0) is 9.68. The first-order valence-electron chi connectivity index (χ1n) is 4.54. The maximum absolute atomic E-state index is 3.71. The summed E-state index contributed by atoms with van der Waals surface area (Å²) < 4.78 is 0. The van der Waals surface area contributed by atoms with E-state index in [1.54, 1.807) is 0 Å². The Kier molecular flexibility index (Phi) is 5.60. The highest BCUT2D eigenvalue weighted by Crippen LogP contribution is 2.23. The van der Waals surface area contributed by atoms with Gasteiger partial charge in [-0.1, -0.05) is 44.8 Å². The first-order valence-corrected chi connectivity index (χ1v) is 7.25. The second-order valence-electron chi connectivity index (χ2n) is 3.06. The van der Waals surface area contributed by atoms with Crippen molar-refractivity contribution in [1.29, 1.82) is 0 Å². The first-order chi connectivity index (χ1) is 6.24. The lowest BCUT2D eigenvalue weighted by atomic mass is 10.1. The van der Waals surface area contributed by atoms with Crippen molar-refractivity contribution in [1.82, 2.24) is 0 Å². The van der Waals surface area contributed by atoms with Crippen molar-refractivity contribution in [2.45, 2.75) is 35.8 Å². The van der Waals surface area contributed by atoms with Gasteiger partial charge >= 0.3 is 0 Å². The Morgan fingerprint density at radius 1 is 1.38 bits per heavy atom. The van der Waals surface area contributed by atoms with E-state index in [0.717, 1.165) is 0 Å². The summed E-state index contributed by atoms with van der Waals surface area (Å²) in [5, 5.41) is 2.14. The summed E-state index contributed by atoms with van der Waals surface area (Å²) in [7, 11) is 0. The lowest BCUT2D eigenvalue weighted by Crippen LogP contribution is -2.13. The topological polar surface area (TPSA) is 0 Å². The van der Waals surface area contributed by atoms with Gasteiger partial charge in [0.15, 0.2) is 0 Å². The highest BCUT2D eigenvalue weighted by molar-refractivity contribution is 9.12. The van der Waals surface area contributed by atoms with Crippen molar-refractivity contribution < 1.29 is 0 Å². The molecular formula is C10H14Br2S. The standard InChI is InChI=1S/C10H14Br2S/c1-2-9(11)10(12)6-5-8-4-3-7-13-8/h3-4,7,9-10H,2,5-6H2,1H3. The molecule has 0 nitrogen and oxygen atoms in total. The van der Waals surface area contributed by atoms with Crippen molar-refractivity contribution in [3.05, 3.63) is 22.4 Å². The molecule has 0 aliphatic heterocycles. The van der Waals surface area contributed by atoms with Gasteiger partial charge in [-0.2, -0.15) is 0 Å². The van der Waals surface area contributed by atoms with Gasteiger partial charge in [-0.25, -0.2) is 0 Å². The van der Waals surface area contributed by atoms with E-state index in [0.29, 0.717) is 9.65 Å². The predicted molar refractivity (Wildman–Crippen MR) is 68.4 cm³/mol. The number of hydrogen-bond acceptors (Lipinski definition) is 1. The van der Waals surface area contributed by atoms with Gasteiger partial charge in [0.2, 0.25) is 0 Å². The van der Waals surface area contributed by atoms with Crippen LogP contribution in [0.1, 0.15) is 24.6 Å². The molecule has 0 saturated heterocycles. The lowest BCUT2D eigenvalue weighted by molar-refractivity contribution is 0.720. The quantitative estimate of drug-likeness (QED) is 0.693. The van der Waals surface area contributed by atoms with Gasteiger partial charge in [-0.15, -0.1) is 11.3 Å². The smallest absolute Gasteiger partial charge is 0.0274 e. The molecule has 1 rings (SSSR count). The summed E-state index contributed by atoms with van der Waals surface area (Å²) in [5.74, 6) is 0. The molecule has 1 aromatic heterocycles. The minimum absolute atomic E-state index is 0.597. The zero-order valence-electron chi connectivity index (χ0n) is 7.67. The lowest BCUT2D eigenvalue weighted by Gasteiger charge is -2.13. The van der Waals surface area contributed by atoms with Crippen molar-refractivity contribution in [3.63, 3.8) is 0 Å². The molecule has 2 atom stereocenters. The molecule has 0 aromatic carbocycles. The summed E-state index contributed by atoms with van der Waals surface area (Å²) in [6, 6.07) is 4.33. The van der Waals surface area contributed by atoms with Crippen molar-refractivity contribution in [2.24, 2.45) is 0 Å². The highest BCUT2D eigenvalue weighted by Gasteiger charge is 2.13. The molecule has 74 valence electrons. The average Bonchev–Trinajstić information content (AvgIpc) is 2.65. The van der Waals surface area contributed by atoms with Gasteiger partial charge in [-0.05, 0) is 30.7 Å². The number of halogens is 2. The number of thiophene rings is 1. The summed E-state index contributed by atoms with van der Waals surface area (Å²) >= 11 is 9.22. The van der Waals surface area contributed by atoms with E-state index >= 15 is 0 Å². The van der Waals surface area contributed by atoms with Crippen LogP contribution in [0.5, 0.6) is 0 Å². The predicted octanol–water partition coefficient (Wildman–Crippen LogP) is 4.62. The van der Waals surface area contributed by atoms with Crippen LogP contribution in [0.15, 0.2) is 17.5 Å². The molecular weight excluding hydrogens is 312 g/mol. The van der Waals surface area contributed by atoms with Crippen LogP contribution in [-0.4, -0.2) is 9.65 Å². The highest BCUT2D eigenvalue weighted by atomic mass is 79.9. The molecule has 0 aliphatic rings. The molecule has 0 amide bonds. The maximum Gasteiger partial charge on any atom is 0.0274 e. The third kappa shape index (κ3) is 4.13. The number of hydrogen-bond donors (Lipinski definition) is 0. The second kappa shape index (κ2) is 6.20. The molecule has 13 heavy (non-hydrogen) atoms. The van der Waals surface area contributed by atoms with Gasteiger partial charge in [0.05, 0.1) is 0 Å². The molecule has 1 aromatic rings. The zero-order valence-corrected chi connectivity index (χ0v) is 11.7. The molecule has 0 bridgehead atoms. The van der Waals surface area contributed by atoms with E-state index in [1.807, 2.05) is 11.3 Å². The Hall–Kier alpha value is 0.660. The SMILES string of the molecule is CCC(Br)C(Br)CCc1cccs1. The van der Waals surface area contributed by atoms with Gasteiger partial charge in [0, 0.05) is 14.5 Å². The fourth-order valence-electron chi connectivity index (χ4n) is 1.17. The van der Waals surface area contributed by atoms with Crippen molar-refractivity contribution in [3.8, 4) is 0 Å². The monoisotopic (exact) mass is 324 g/mol. The van der Waals surface area contributed by atoms with Gasteiger partial charge in [0.1, 0.15) is 0 Å². The van der Waals surface area contributed by atoms with Crippen LogP contribution in [0.3, 0.4) is 0 Å². The Bertz CT molecular complexity index is 221. The maximum atomic E-state index is 3.71. The Morgan fingerprint density at radius 3 is 2.69 bits per heavy atom.